The second-order valence-corrected chi connectivity index (χ2v) is 6.68. The monoisotopic (exact) mass is 285 g/mol. The average Bonchev–Trinajstić information content (AvgIpc) is 2.76. The first-order chi connectivity index (χ1) is 9.77. The van der Waals surface area contributed by atoms with Crippen LogP contribution in [0.1, 0.15) is 50.2 Å². The van der Waals surface area contributed by atoms with Gasteiger partial charge < -0.3 is 5.11 Å². The second-order valence-electron chi connectivity index (χ2n) is 5.77. The van der Waals surface area contributed by atoms with Crippen LogP contribution >= 0.6 is 11.3 Å². The number of thiophene rings is 1. The lowest BCUT2D eigenvalue weighted by molar-refractivity contribution is 0.0531. The highest BCUT2D eigenvalue weighted by Gasteiger charge is 2.40. The molecule has 1 N–H and O–H groups in total. The Morgan fingerprint density at radius 1 is 1.15 bits per heavy atom. The Balaban J connectivity index is 2.01. The number of hydrogen-bond acceptors (Lipinski definition) is 3. The molecule has 0 bridgehead atoms. The van der Waals surface area contributed by atoms with Gasteiger partial charge in [-0.1, -0.05) is 43.9 Å². The SMILES string of the molecule is N#CC1(C(O)c2csc3ccccc23)CCCCCC1. The summed E-state index contributed by atoms with van der Waals surface area (Å²) in [6, 6.07) is 10.6. The summed E-state index contributed by atoms with van der Waals surface area (Å²) in [6.45, 7) is 0. The largest absolute Gasteiger partial charge is 0.387 e. The molecule has 3 rings (SSSR count). The van der Waals surface area contributed by atoms with Crippen LogP contribution in [0.5, 0.6) is 0 Å². The summed E-state index contributed by atoms with van der Waals surface area (Å²) in [5.74, 6) is 0. The Bertz CT molecular complexity index is 632. The van der Waals surface area contributed by atoms with Crippen molar-refractivity contribution in [3.8, 4) is 6.07 Å². The van der Waals surface area contributed by atoms with Crippen molar-refractivity contribution in [2.75, 3.05) is 0 Å². The van der Waals surface area contributed by atoms with Gasteiger partial charge >= 0.3 is 0 Å². The van der Waals surface area contributed by atoms with Gasteiger partial charge in [0.1, 0.15) is 0 Å². The highest BCUT2D eigenvalue weighted by atomic mass is 32.1. The van der Waals surface area contributed by atoms with Gasteiger partial charge in [-0.25, -0.2) is 0 Å². The van der Waals surface area contributed by atoms with Crippen molar-refractivity contribution in [2.45, 2.75) is 44.6 Å². The van der Waals surface area contributed by atoms with Gasteiger partial charge in [0.2, 0.25) is 0 Å². The quantitative estimate of drug-likeness (QED) is 0.805. The molecule has 0 saturated heterocycles. The summed E-state index contributed by atoms with van der Waals surface area (Å²) in [5.41, 5.74) is 0.342. The number of aliphatic hydroxyl groups excluding tert-OH is 1. The molecule has 1 atom stereocenters. The first-order valence-electron chi connectivity index (χ1n) is 7.32. The van der Waals surface area contributed by atoms with Gasteiger partial charge in [0.05, 0.1) is 17.6 Å². The van der Waals surface area contributed by atoms with Crippen molar-refractivity contribution in [1.29, 1.82) is 5.26 Å². The van der Waals surface area contributed by atoms with Gasteiger partial charge in [0.15, 0.2) is 0 Å². The lowest BCUT2D eigenvalue weighted by Gasteiger charge is -2.30. The van der Waals surface area contributed by atoms with Gasteiger partial charge in [0.25, 0.3) is 0 Å². The second kappa shape index (κ2) is 5.55. The lowest BCUT2D eigenvalue weighted by Crippen LogP contribution is -2.26. The first kappa shape index (κ1) is 13.6. The Labute approximate surface area is 123 Å². The fraction of sp³-hybridized carbons (Fsp3) is 0.471. The Morgan fingerprint density at radius 3 is 2.55 bits per heavy atom. The zero-order valence-electron chi connectivity index (χ0n) is 11.5. The highest BCUT2D eigenvalue weighted by molar-refractivity contribution is 7.17. The van der Waals surface area contributed by atoms with E-state index >= 15 is 0 Å². The van der Waals surface area contributed by atoms with Crippen LogP contribution in [0, 0.1) is 16.7 Å². The summed E-state index contributed by atoms with van der Waals surface area (Å²) in [6.07, 6.45) is 5.42. The normalized spacial score (nSPS) is 20.2. The molecule has 0 amide bonds. The van der Waals surface area contributed by atoms with E-state index in [0.29, 0.717) is 0 Å². The third-order valence-electron chi connectivity index (χ3n) is 4.55. The minimum absolute atomic E-state index is 0.597. The molecule has 104 valence electrons. The summed E-state index contributed by atoms with van der Waals surface area (Å²) in [5, 5.41) is 23.7. The number of nitriles is 1. The molecule has 1 fully saturated rings. The number of fused-ring (bicyclic) bond motifs is 1. The molecular formula is C17H19NOS. The fourth-order valence-corrected chi connectivity index (χ4v) is 4.29. The Morgan fingerprint density at radius 2 is 1.85 bits per heavy atom. The number of aliphatic hydroxyl groups is 1. The topological polar surface area (TPSA) is 44.0 Å². The van der Waals surface area contributed by atoms with Gasteiger partial charge in [-0.05, 0) is 29.7 Å². The number of hydrogen-bond donors (Lipinski definition) is 1. The van der Waals surface area contributed by atoms with E-state index < -0.39 is 11.5 Å². The molecular weight excluding hydrogens is 266 g/mol. The highest BCUT2D eigenvalue weighted by Crippen LogP contribution is 2.47. The van der Waals surface area contributed by atoms with Crippen LogP contribution in [0.15, 0.2) is 29.6 Å². The zero-order chi connectivity index (χ0) is 14.0. The van der Waals surface area contributed by atoms with Crippen LogP contribution in [0.3, 0.4) is 0 Å². The van der Waals surface area contributed by atoms with Crippen molar-refractivity contribution < 1.29 is 5.11 Å². The van der Waals surface area contributed by atoms with Gasteiger partial charge in [-0.2, -0.15) is 5.26 Å². The molecule has 1 heterocycles. The maximum Gasteiger partial charge on any atom is 0.0990 e. The zero-order valence-corrected chi connectivity index (χ0v) is 12.3. The maximum atomic E-state index is 10.9. The van der Waals surface area contributed by atoms with Crippen LogP contribution in [-0.2, 0) is 0 Å². The summed E-state index contributed by atoms with van der Waals surface area (Å²) in [4.78, 5) is 0. The Hall–Kier alpha value is -1.37. The molecule has 2 nitrogen and oxygen atoms in total. The molecule has 2 aromatic rings. The van der Waals surface area contributed by atoms with Crippen molar-refractivity contribution in [1.82, 2.24) is 0 Å². The van der Waals surface area contributed by atoms with E-state index in [1.54, 1.807) is 11.3 Å². The standard InChI is InChI=1S/C17H19NOS/c18-12-17(9-5-1-2-6-10-17)16(19)14-11-20-15-8-4-3-7-13(14)15/h3-4,7-8,11,16,19H,1-2,5-6,9-10H2. The molecule has 3 heteroatoms. The van der Waals surface area contributed by atoms with Crippen LogP contribution in [0.4, 0.5) is 0 Å². The van der Waals surface area contributed by atoms with E-state index in [4.69, 9.17) is 0 Å². The third kappa shape index (κ3) is 2.24. The van der Waals surface area contributed by atoms with E-state index in [1.807, 2.05) is 23.6 Å². The van der Waals surface area contributed by atoms with E-state index in [2.05, 4.69) is 12.1 Å². The van der Waals surface area contributed by atoms with Crippen LogP contribution in [-0.4, -0.2) is 5.11 Å². The van der Waals surface area contributed by atoms with Crippen molar-refractivity contribution in [2.24, 2.45) is 5.41 Å². The van der Waals surface area contributed by atoms with Crippen molar-refractivity contribution >= 4 is 21.4 Å². The number of benzene rings is 1. The van der Waals surface area contributed by atoms with E-state index in [-0.39, 0.29) is 0 Å². The van der Waals surface area contributed by atoms with E-state index in [9.17, 15) is 10.4 Å². The minimum Gasteiger partial charge on any atom is -0.387 e. The molecule has 0 radical (unpaired) electrons. The van der Waals surface area contributed by atoms with Crippen LogP contribution in [0.2, 0.25) is 0 Å². The first-order valence-corrected chi connectivity index (χ1v) is 8.20. The lowest BCUT2D eigenvalue weighted by atomic mass is 9.74. The van der Waals surface area contributed by atoms with Gasteiger partial charge in [0, 0.05) is 10.3 Å². The average molecular weight is 285 g/mol. The molecule has 0 aliphatic heterocycles. The molecule has 1 aliphatic rings. The molecule has 1 saturated carbocycles. The predicted molar refractivity (Wildman–Crippen MR) is 82.5 cm³/mol. The predicted octanol–water partition coefficient (Wildman–Crippen LogP) is 4.80. The molecule has 1 aliphatic carbocycles. The summed E-state index contributed by atoms with van der Waals surface area (Å²) >= 11 is 1.65. The van der Waals surface area contributed by atoms with Crippen molar-refractivity contribution in [3.63, 3.8) is 0 Å². The van der Waals surface area contributed by atoms with Crippen LogP contribution < -0.4 is 0 Å². The van der Waals surface area contributed by atoms with E-state index in [0.717, 1.165) is 36.6 Å². The minimum atomic E-state index is -0.665. The maximum absolute atomic E-state index is 10.9. The summed E-state index contributed by atoms with van der Waals surface area (Å²) in [7, 11) is 0. The third-order valence-corrected chi connectivity index (χ3v) is 5.53. The molecule has 20 heavy (non-hydrogen) atoms. The summed E-state index contributed by atoms with van der Waals surface area (Å²) < 4.78 is 1.18. The molecule has 1 aromatic heterocycles. The Kier molecular flexibility index (Phi) is 3.78. The van der Waals surface area contributed by atoms with Gasteiger partial charge in [-0.3, -0.25) is 0 Å². The molecule has 1 aromatic carbocycles. The van der Waals surface area contributed by atoms with Crippen molar-refractivity contribution in [3.05, 3.63) is 35.2 Å². The van der Waals surface area contributed by atoms with Gasteiger partial charge in [-0.15, -0.1) is 11.3 Å². The molecule has 1 unspecified atom stereocenters. The van der Waals surface area contributed by atoms with Crippen LogP contribution in [0.25, 0.3) is 10.1 Å². The fourth-order valence-electron chi connectivity index (χ4n) is 3.31. The number of nitrogens with zero attached hydrogens (tertiary/aromatic N) is 1. The smallest absolute Gasteiger partial charge is 0.0990 e. The number of rotatable bonds is 2. The van der Waals surface area contributed by atoms with E-state index in [1.165, 1.54) is 17.5 Å². The molecule has 0 spiro atoms.